The van der Waals surface area contributed by atoms with Gasteiger partial charge in [0, 0.05) is 45.3 Å². The van der Waals surface area contributed by atoms with E-state index in [1.165, 1.54) is 0 Å². The van der Waals surface area contributed by atoms with E-state index in [2.05, 4.69) is 0 Å². The SMILES string of the molecule is CCC(C(=O)C1(C)CCC(C(N)=O)C1(C)C)[C@]1(c2ccc(OCc3c(Cl)cccc3Cl)cc2)CCC[N+]1(C(=O)O)C(=O)O. The number of imide groups is 1. The highest BCUT2D eigenvalue weighted by atomic mass is 35.5. The van der Waals surface area contributed by atoms with Crippen molar-refractivity contribution in [1.82, 2.24) is 0 Å². The van der Waals surface area contributed by atoms with Crippen molar-refractivity contribution in [2.45, 2.75) is 71.9 Å². The van der Waals surface area contributed by atoms with Crippen LogP contribution in [0.25, 0.3) is 0 Å². The third-order valence-corrected chi connectivity index (χ3v) is 11.3. The number of nitrogens with zero attached hydrogens (tertiary/aromatic N) is 1. The molecule has 4 atom stereocenters. The minimum atomic E-state index is -1.61. The molecule has 9 nitrogen and oxygen atoms in total. The van der Waals surface area contributed by atoms with Crippen LogP contribution >= 0.6 is 23.2 Å². The Kier molecular flexibility index (Phi) is 8.95. The summed E-state index contributed by atoms with van der Waals surface area (Å²) in [6.07, 6.45) is -1.59. The van der Waals surface area contributed by atoms with E-state index >= 15 is 0 Å². The Morgan fingerprint density at radius 1 is 1.00 bits per heavy atom. The first-order valence-corrected chi connectivity index (χ1v) is 15.2. The molecule has 1 aliphatic carbocycles. The summed E-state index contributed by atoms with van der Waals surface area (Å²) in [5.41, 5.74) is 3.28. The second-order valence-electron chi connectivity index (χ2n) is 12.5. The fraction of sp³-hybridized carbons (Fsp3) is 0.500. The highest BCUT2D eigenvalue weighted by Gasteiger charge is 2.72. The number of carbonyl (C=O) groups excluding carboxylic acids is 2. The summed E-state index contributed by atoms with van der Waals surface area (Å²) >= 11 is 12.5. The predicted molar refractivity (Wildman–Crippen MR) is 162 cm³/mol. The van der Waals surface area contributed by atoms with E-state index in [0.29, 0.717) is 39.8 Å². The molecule has 1 heterocycles. The summed E-state index contributed by atoms with van der Waals surface area (Å²) in [6, 6.07) is 11.7. The van der Waals surface area contributed by atoms with Gasteiger partial charge in [-0.05, 0) is 61.1 Å². The van der Waals surface area contributed by atoms with Crippen molar-refractivity contribution >= 4 is 47.1 Å². The summed E-state index contributed by atoms with van der Waals surface area (Å²) in [7, 11) is 0. The molecule has 2 aromatic carbocycles. The topological polar surface area (TPSA) is 144 Å². The first kappa shape index (κ1) is 32.8. The lowest BCUT2D eigenvalue weighted by atomic mass is 9.57. The molecular formula is C32H39Cl2N2O7+. The monoisotopic (exact) mass is 633 g/mol. The highest BCUT2D eigenvalue weighted by Crippen LogP contribution is 2.61. The molecule has 0 spiro atoms. The minimum absolute atomic E-state index is 0.0811. The number of ether oxygens (including phenoxy) is 1. The zero-order chi connectivity index (χ0) is 32.0. The van der Waals surface area contributed by atoms with Gasteiger partial charge in [-0.2, -0.15) is 9.59 Å². The van der Waals surface area contributed by atoms with Gasteiger partial charge in [0.25, 0.3) is 0 Å². The summed E-state index contributed by atoms with van der Waals surface area (Å²) in [4.78, 5) is 53.2. The number of hydrogen-bond donors (Lipinski definition) is 3. The average Bonchev–Trinajstić information content (AvgIpc) is 3.46. The Morgan fingerprint density at radius 2 is 1.58 bits per heavy atom. The maximum absolute atomic E-state index is 14.8. The summed E-state index contributed by atoms with van der Waals surface area (Å²) in [5, 5.41) is 22.1. The standard InChI is InChI=1S/C32H38Cl2N2O7/c1-5-22(26(37)31(4)16-14-23(27(35)38)30(31,2)3)32(15-7-17-36(32,28(39)40)29(41)42)19-10-12-20(13-11-19)43-18-21-24(33)8-6-9-25(21)34/h6,8-13,22-23H,5,7,14-18H2,1-4H3,(H3-,35,38,39,40,41,42)/p+1/t22?,23?,31?,32-/m1/s1. The van der Waals surface area contributed by atoms with Crippen molar-refractivity contribution in [3.63, 3.8) is 0 Å². The van der Waals surface area contributed by atoms with Crippen LogP contribution in [0.15, 0.2) is 42.5 Å². The van der Waals surface area contributed by atoms with Gasteiger partial charge in [-0.25, -0.2) is 0 Å². The molecule has 0 aromatic heterocycles. The van der Waals surface area contributed by atoms with Crippen LogP contribution < -0.4 is 10.5 Å². The molecule has 232 valence electrons. The summed E-state index contributed by atoms with van der Waals surface area (Å²) < 4.78 is 4.61. The number of amides is 3. The van der Waals surface area contributed by atoms with Crippen LogP contribution in [0.3, 0.4) is 0 Å². The fourth-order valence-corrected chi connectivity index (χ4v) is 8.33. The molecule has 1 saturated carbocycles. The van der Waals surface area contributed by atoms with Crippen molar-refractivity contribution in [3.8, 4) is 5.75 Å². The van der Waals surface area contributed by atoms with Crippen LogP contribution in [-0.4, -0.2) is 45.1 Å². The third-order valence-electron chi connectivity index (χ3n) is 10.6. The fourth-order valence-electron chi connectivity index (χ4n) is 7.83. The molecule has 0 radical (unpaired) electrons. The second-order valence-corrected chi connectivity index (χ2v) is 13.3. The van der Waals surface area contributed by atoms with Gasteiger partial charge >= 0.3 is 12.2 Å². The first-order chi connectivity index (χ1) is 20.1. The molecule has 1 saturated heterocycles. The number of halogens is 2. The maximum Gasteiger partial charge on any atom is 0.525 e. The Balaban J connectivity index is 1.82. The maximum atomic E-state index is 14.8. The number of likely N-dealkylation sites (tertiary alicyclic amines) is 1. The van der Waals surface area contributed by atoms with Gasteiger partial charge in [0.05, 0.1) is 5.92 Å². The van der Waals surface area contributed by atoms with Crippen LogP contribution in [0.4, 0.5) is 9.59 Å². The Bertz CT molecular complexity index is 1410. The molecule has 3 unspecified atom stereocenters. The van der Waals surface area contributed by atoms with Crippen LogP contribution in [0.2, 0.25) is 10.0 Å². The van der Waals surface area contributed by atoms with Gasteiger partial charge in [0.15, 0.2) is 5.54 Å². The molecule has 2 aliphatic rings. The van der Waals surface area contributed by atoms with Crippen molar-refractivity contribution in [2.24, 2.45) is 28.4 Å². The number of hydrogen-bond acceptors (Lipinski definition) is 5. The predicted octanol–water partition coefficient (Wildman–Crippen LogP) is 7.26. The lowest BCUT2D eigenvalue weighted by molar-refractivity contribution is -0.839. The van der Waals surface area contributed by atoms with Crippen molar-refractivity contribution in [1.29, 1.82) is 0 Å². The number of rotatable bonds is 9. The van der Waals surface area contributed by atoms with E-state index in [1.807, 2.05) is 13.8 Å². The third kappa shape index (κ3) is 4.89. The molecule has 2 fully saturated rings. The van der Waals surface area contributed by atoms with E-state index in [1.54, 1.807) is 56.3 Å². The molecule has 1 aliphatic heterocycles. The van der Waals surface area contributed by atoms with E-state index in [-0.39, 0.29) is 38.2 Å². The van der Waals surface area contributed by atoms with Crippen molar-refractivity contribution in [2.75, 3.05) is 6.54 Å². The summed E-state index contributed by atoms with van der Waals surface area (Å²) in [6.45, 7) is 7.17. The lowest BCUT2D eigenvalue weighted by Gasteiger charge is -2.48. The zero-order valence-corrected chi connectivity index (χ0v) is 26.4. The van der Waals surface area contributed by atoms with Gasteiger partial charge in [0.2, 0.25) is 5.91 Å². The number of nitrogens with two attached hydrogens (primary N) is 1. The number of carbonyl (C=O) groups is 4. The molecule has 2 aromatic rings. The molecule has 0 bridgehead atoms. The van der Waals surface area contributed by atoms with Gasteiger partial charge in [-0.1, -0.05) is 57.0 Å². The Hall–Kier alpha value is -3.14. The largest absolute Gasteiger partial charge is 0.525 e. The summed E-state index contributed by atoms with van der Waals surface area (Å²) in [5.74, 6) is -1.82. The quantitative estimate of drug-likeness (QED) is 0.246. The van der Waals surface area contributed by atoms with E-state index in [0.717, 1.165) is 0 Å². The first-order valence-electron chi connectivity index (χ1n) is 14.5. The normalized spacial score (nSPS) is 26.5. The Labute approximate surface area is 261 Å². The Morgan fingerprint density at radius 3 is 2.07 bits per heavy atom. The van der Waals surface area contributed by atoms with E-state index in [9.17, 15) is 29.4 Å². The molecule has 4 rings (SSSR count). The number of benzene rings is 2. The molecule has 4 N–H and O–H groups in total. The molecule has 11 heteroatoms. The molecule has 3 amide bonds. The van der Waals surface area contributed by atoms with Crippen LogP contribution in [0.5, 0.6) is 5.75 Å². The van der Waals surface area contributed by atoms with Gasteiger partial charge in [-0.3, -0.25) is 9.59 Å². The van der Waals surface area contributed by atoms with Crippen LogP contribution in [0.1, 0.15) is 70.9 Å². The van der Waals surface area contributed by atoms with E-state index in [4.69, 9.17) is 33.7 Å². The smallest absolute Gasteiger partial charge is 0.489 e. The highest BCUT2D eigenvalue weighted by molar-refractivity contribution is 6.35. The van der Waals surface area contributed by atoms with Crippen LogP contribution in [0, 0.1) is 22.7 Å². The van der Waals surface area contributed by atoms with Crippen LogP contribution in [-0.2, 0) is 21.7 Å². The van der Waals surface area contributed by atoms with Gasteiger partial charge in [-0.15, -0.1) is 4.48 Å². The van der Waals surface area contributed by atoms with Gasteiger partial charge in [0.1, 0.15) is 24.7 Å². The lowest BCUT2D eigenvalue weighted by Crippen LogP contribution is -2.69. The number of ketones is 1. The average molecular weight is 635 g/mol. The molecular weight excluding hydrogens is 595 g/mol. The minimum Gasteiger partial charge on any atom is -0.489 e. The van der Waals surface area contributed by atoms with Gasteiger partial charge < -0.3 is 20.7 Å². The second kappa shape index (κ2) is 11.7. The molecule has 43 heavy (non-hydrogen) atoms. The van der Waals surface area contributed by atoms with Crippen molar-refractivity contribution < 1.29 is 38.6 Å². The number of primary amides is 1. The van der Waals surface area contributed by atoms with Crippen molar-refractivity contribution in [3.05, 3.63) is 63.6 Å². The van der Waals surface area contributed by atoms with E-state index < -0.39 is 50.8 Å². The number of carboxylic acid groups (broad SMARTS) is 2. The number of quaternary nitrogens is 1. The number of Topliss-reactive ketones (excluding diaryl/α,β-unsaturated/α-hetero) is 1. The zero-order valence-electron chi connectivity index (χ0n) is 24.9.